The molecule has 0 amide bonds. The Hall–Kier alpha value is -2.41. The molecular formula is C16H13BrFNO4. The summed E-state index contributed by atoms with van der Waals surface area (Å²) < 4.78 is 23.6. The van der Waals surface area contributed by atoms with E-state index in [9.17, 15) is 14.0 Å². The first kappa shape index (κ1) is 17.0. The van der Waals surface area contributed by atoms with Gasteiger partial charge in [0.1, 0.15) is 11.5 Å². The van der Waals surface area contributed by atoms with Crippen LogP contribution in [0, 0.1) is 5.82 Å². The zero-order chi connectivity index (χ0) is 17.0. The van der Waals surface area contributed by atoms with E-state index in [2.05, 4.69) is 15.9 Å². The summed E-state index contributed by atoms with van der Waals surface area (Å²) in [6.45, 7) is 0. The molecule has 0 bridgehead atoms. The maximum atomic E-state index is 13.8. The molecule has 0 saturated heterocycles. The Bertz CT molecular complexity index is 740. The smallest absolute Gasteiger partial charge is 0.355 e. The molecule has 0 fully saturated rings. The zero-order valence-electron chi connectivity index (χ0n) is 12.4. The van der Waals surface area contributed by atoms with Gasteiger partial charge in [-0.05, 0) is 46.3 Å². The predicted octanol–water partition coefficient (Wildman–Crippen LogP) is 3.08. The normalized spacial score (nSPS) is 13.8. The lowest BCUT2D eigenvalue weighted by molar-refractivity contribution is -0.139. The van der Waals surface area contributed by atoms with Crippen molar-refractivity contribution in [3.63, 3.8) is 0 Å². The van der Waals surface area contributed by atoms with E-state index in [-0.39, 0.29) is 15.7 Å². The quantitative estimate of drug-likeness (QED) is 0.753. The highest BCUT2D eigenvalue weighted by molar-refractivity contribution is 9.10. The summed E-state index contributed by atoms with van der Waals surface area (Å²) in [5.41, 5.74) is 0.297. The molecule has 1 aliphatic heterocycles. The minimum Gasteiger partial charge on any atom is -0.465 e. The maximum Gasteiger partial charge on any atom is 0.355 e. The van der Waals surface area contributed by atoms with Gasteiger partial charge in [0.15, 0.2) is 0 Å². The van der Waals surface area contributed by atoms with Crippen LogP contribution in [-0.4, -0.2) is 26.2 Å². The van der Waals surface area contributed by atoms with Crippen LogP contribution >= 0.6 is 15.9 Å². The predicted molar refractivity (Wildman–Crippen MR) is 85.9 cm³/mol. The van der Waals surface area contributed by atoms with Crippen molar-refractivity contribution in [1.82, 2.24) is 0 Å². The van der Waals surface area contributed by atoms with Gasteiger partial charge < -0.3 is 14.4 Å². The first-order chi connectivity index (χ1) is 11.0. The number of hydrogen-bond donors (Lipinski definition) is 0. The fourth-order valence-corrected chi connectivity index (χ4v) is 2.25. The Kier molecular flexibility index (Phi) is 5.33. The number of nitrogens with zero attached hydrogens (tertiary/aromatic N) is 1. The summed E-state index contributed by atoms with van der Waals surface area (Å²) in [5, 5.41) is 0. The average molecular weight is 382 g/mol. The minimum absolute atomic E-state index is 0.00711. The van der Waals surface area contributed by atoms with Crippen LogP contribution in [0.1, 0.15) is 0 Å². The van der Waals surface area contributed by atoms with Crippen LogP contribution < -0.4 is 4.90 Å². The largest absolute Gasteiger partial charge is 0.465 e. The van der Waals surface area contributed by atoms with Crippen molar-refractivity contribution in [3.8, 4) is 0 Å². The summed E-state index contributed by atoms with van der Waals surface area (Å²) in [6, 6.07) is 4.34. The first-order valence-electron chi connectivity index (χ1n) is 6.49. The molecule has 1 aliphatic rings. The molecule has 0 saturated carbocycles. The summed E-state index contributed by atoms with van der Waals surface area (Å²) in [4.78, 5) is 25.5. The van der Waals surface area contributed by atoms with Crippen molar-refractivity contribution in [2.45, 2.75) is 0 Å². The number of anilines is 1. The van der Waals surface area contributed by atoms with Crippen LogP contribution in [-0.2, 0) is 19.1 Å². The number of allylic oxidation sites excluding steroid dienone is 2. The van der Waals surface area contributed by atoms with E-state index in [1.54, 1.807) is 18.2 Å². The molecule has 0 spiro atoms. The second-order valence-corrected chi connectivity index (χ2v) is 5.27. The van der Waals surface area contributed by atoms with Gasteiger partial charge in [-0.25, -0.2) is 14.0 Å². The monoisotopic (exact) mass is 381 g/mol. The van der Waals surface area contributed by atoms with Gasteiger partial charge in [-0.1, -0.05) is 6.08 Å². The molecule has 0 aliphatic carbocycles. The number of rotatable bonds is 3. The van der Waals surface area contributed by atoms with Crippen molar-refractivity contribution in [2.24, 2.45) is 0 Å². The summed E-state index contributed by atoms with van der Waals surface area (Å²) in [7, 11) is 2.41. The standard InChI is InChI=1S/C16H13BrFNO4/c1-22-15(20)11-5-3-4-8-19(14(11)16(21)23-2)10-6-7-12(17)13(18)9-10/h3-9H,1-2H3. The molecule has 1 heterocycles. The van der Waals surface area contributed by atoms with Crippen LogP contribution in [0.4, 0.5) is 10.1 Å². The van der Waals surface area contributed by atoms with Crippen LogP contribution in [0.2, 0.25) is 0 Å². The lowest BCUT2D eigenvalue weighted by Crippen LogP contribution is -2.27. The second kappa shape index (κ2) is 7.23. The number of benzene rings is 1. The van der Waals surface area contributed by atoms with E-state index in [1.807, 2.05) is 0 Å². The molecule has 0 radical (unpaired) electrons. The molecule has 2 rings (SSSR count). The molecule has 5 nitrogen and oxygen atoms in total. The molecule has 0 aromatic heterocycles. The topological polar surface area (TPSA) is 55.8 Å². The average Bonchev–Trinajstić information content (AvgIpc) is 2.78. The van der Waals surface area contributed by atoms with Crippen LogP contribution in [0.15, 0.2) is 58.4 Å². The van der Waals surface area contributed by atoms with Gasteiger partial charge in [-0.2, -0.15) is 0 Å². The van der Waals surface area contributed by atoms with Crippen molar-refractivity contribution in [1.29, 1.82) is 0 Å². The maximum absolute atomic E-state index is 13.8. The number of carbonyl (C=O) groups is 2. The van der Waals surface area contributed by atoms with Gasteiger partial charge in [0.25, 0.3) is 0 Å². The van der Waals surface area contributed by atoms with Crippen LogP contribution in [0.5, 0.6) is 0 Å². The van der Waals surface area contributed by atoms with Crippen molar-refractivity contribution in [3.05, 3.63) is 64.2 Å². The third-order valence-electron chi connectivity index (χ3n) is 3.07. The Labute approximate surface area is 140 Å². The number of halogens is 2. The van der Waals surface area contributed by atoms with E-state index in [0.29, 0.717) is 5.69 Å². The first-order valence-corrected chi connectivity index (χ1v) is 7.29. The van der Waals surface area contributed by atoms with Crippen LogP contribution in [0.3, 0.4) is 0 Å². The van der Waals surface area contributed by atoms with Crippen molar-refractivity contribution >= 4 is 33.6 Å². The highest BCUT2D eigenvalue weighted by Crippen LogP contribution is 2.29. The van der Waals surface area contributed by atoms with Gasteiger partial charge >= 0.3 is 11.9 Å². The molecule has 120 valence electrons. The second-order valence-electron chi connectivity index (χ2n) is 4.41. The Morgan fingerprint density at radius 3 is 2.43 bits per heavy atom. The van der Waals surface area contributed by atoms with Gasteiger partial charge in [-0.15, -0.1) is 0 Å². The van der Waals surface area contributed by atoms with E-state index >= 15 is 0 Å². The highest BCUT2D eigenvalue weighted by Gasteiger charge is 2.27. The SMILES string of the molecule is COC(=O)C1=C(C(=O)OC)N(c2ccc(Br)c(F)c2)C=CC=C1. The zero-order valence-corrected chi connectivity index (χ0v) is 14.0. The fourth-order valence-electron chi connectivity index (χ4n) is 2.00. The summed E-state index contributed by atoms with van der Waals surface area (Å²) in [5.74, 6) is -1.95. The van der Waals surface area contributed by atoms with Crippen molar-refractivity contribution in [2.75, 3.05) is 19.1 Å². The van der Waals surface area contributed by atoms with E-state index in [0.717, 1.165) is 0 Å². The van der Waals surface area contributed by atoms with Crippen LogP contribution in [0.25, 0.3) is 0 Å². The Morgan fingerprint density at radius 2 is 1.83 bits per heavy atom. The highest BCUT2D eigenvalue weighted by atomic mass is 79.9. The molecule has 1 aromatic rings. The lowest BCUT2D eigenvalue weighted by atomic mass is 10.1. The van der Waals surface area contributed by atoms with Gasteiger partial charge in [0.2, 0.25) is 0 Å². The number of methoxy groups -OCH3 is 2. The third-order valence-corrected chi connectivity index (χ3v) is 3.71. The fraction of sp³-hybridized carbons (Fsp3) is 0.125. The van der Waals surface area contributed by atoms with E-state index in [1.165, 1.54) is 43.5 Å². The molecule has 23 heavy (non-hydrogen) atoms. The molecule has 1 aromatic carbocycles. The number of esters is 2. The van der Waals surface area contributed by atoms with Crippen molar-refractivity contribution < 1.29 is 23.5 Å². The Balaban J connectivity index is 2.65. The molecule has 0 atom stereocenters. The number of carbonyl (C=O) groups excluding carboxylic acids is 2. The molecule has 0 N–H and O–H groups in total. The molecule has 7 heteroatoms. The lowest BCUT2D eigenvalue weighted by Gasteiger charge is -2.23. The van der Waals surface area contributed by atoms with E-state index in [4.69, 9.17) is 9.47 Å². The van der Waals surface area contributed by atoms with Gasteiger partial charge in [0.05, 0.1) is 24.3 Å². The Morgan fingerprint density at radius 1 is 1.13 bits per heavy atom. The molecule has 0 unspecified atom stereocenters. The summed E-state index contributed by atoms with van der Waals surface area (Å²) >= 11 is 3.07. The summed E-state index contributed by atoms with van der Waals surface area (Å²) in [6.07, 6.45) is 6.15. The van der Waals surface area contributed by atoms with E-state index < -0.39 is 17.8 Å². The third kappa shape index (κ3) is 3.50. The minimum atomic E-state index is -0.745. The number of hydrogen-bond acceptors (Lipinski definition) is 5. The van der Waals surface area contributed by atoms with Gasteiger partial charge in [-0.3, -0.25) is 0 Å². The number of ether oxygens (including phenoxy) is 2. The molecular weight excluding hydrogens is 369 g/mol. The van der Waals surface area contributed by atoms with Gasteiger partial charge in [0, 0.05) is 11.9 Å².